The van der Waals surface area contributed by atoms with E-state index < -0.39 is 5.66 Å². The third-order valence-electron chi connectivity index (χ3n) is 5.43. The van der Waals surface area contributed by atoms with E-state index in [1.54, 1.807) is 36.3 Å². The van der Waals surface area contributed by atoms with Gasteiger partial charge in [0.15, 0.2) is 0 Å². The summed E-state index contributed by atoms with van der Waals surface area (Å²) in [6.07, 6.45) is 0. The first-order valence-electron chi connectivity index (χ1n) is 9.90. The van der Waals surface area contributed by atoms with Gasteiger partial charge in [-0.3, -0.25) is 14.6 Å². The lowest BCUT2D eigenvalue weighted by Gasteiger charge is -2.34. The Hall–Kier alpha value is -3.35. The minimum atomic E-state index is -0.816. The van der Waals surface area contributed by atoms with Gasteiger partial charge in [0.05, 0.1) is 19.3 Å². The van der Waals surface area contributed by atoms with Crippen LogP contribution in [0, 0.1) is 6.92 Å². The Morgan fingerprint density at radius 1 is 1.20 bits per heavy atom. The topological polar surface area (TPSA) is 71.4 Å². The second-order valence-corrected chi connectivity index (χ2v) is 7.94. The third kappa shape index (κ3) is 3.51. The van der Waals surface area contributed by atoms with Crippen LogP contribution >= 0.6 is 0 Å². The molecule has 4 rings (SSSR count). The van der Waals surface area contributed by atoms with Crippen LogP contribution in [0.2, 0.25) is 0 Å². The van der Waals surface area contributed by atoms with E-state index in [2.05, 4.69) is 4.99 Å². The number of ether oxygens (including phenoxy) is 2. The Morgan fingerprint density at radius 2 is 1.93 bits per heavy atom. The predicted molar refractivity (Wildman–Crippen MR) is 114 cm³/mol. The Bertz CT molecular complexity index is 1030. The average molecular weight is 407 g/mol. The maximum atomic E-state index is 13.2. The Morgan fingerprint density at radius 3 is 2.63 bits per heavy atom. The van der Waals surface area contributed by atoms with Crippen LogP contribution < -0.4 is 14.4 Å². The number of aryl methyl sites for hydroxylation is 1. The van der Waals surface area contributed by atoms with Gasteiger partial charge in [0.2, 0.25) is 5.91 Å². The molecule has 2 heterocycles. The van der Waals surface area contributed by atoms with E-state index in [-0.39, 0.29) is 18.4 Å². The van der Waals surface area contributed by atoms with Crippen LogP contribution in [0.1, 0.15) is 25.0 Å². The highest BCUT2D eigenvalue weighted by atomic mass is 16.5. The fraction of sp³-hybridized carbons (Fsp3) is 0.348. The van der Waals surface area contributed by atoms with E-state index in [1.165, 1.54) is 4.90 Å². The molecule has 0 N–H and O–H groups in total. The van der Waals surface area contributed by atoms with Gasteiger partial charge in [-0.15, -0.1) is 0 Å². The molecule has 7 heteroatoms. The Balaban J connectivity index is 1.56. The monoisotopic (exact) mass is 407 g/mol. The maximum absolute atomic E-state index is 13.2. The number of aliphatic imine (C=N–C) groups is 1. The van der Waals surface area contributed by atoms with Crippen molar-refractivity contribution in [3.8, 4) is 11.5 Å². The van der Waals surface area contributed by atoms with Gasteiger partial charge in [0.25, 0.3) is 5.91 Å². The number of hydrogen-bond acceptors (Lipinski definition) is 5. The van der Waals surface area contributed by atoms with Gasteiger partial charge >= 0.3 is 0 Å². The molecule has 0 unspecified atom stereocenters. The van der Waals surface area contributed by atoms with Gasteiger partial charge in [-0.25, -0.2) is 0 Å². The maximum Gasteiger partial charge on any atom is 0.275 e. The first-order valence-corrected chi connectivity index (χ1v) is 9.90. The van der Waals surface area contributed by atoms with Crippen molar-refractivity contribution in [2.75, 3.05) is 31.7 Å². The molecule has 30 heavy (non-hydrogen) atoms. The second kappa shape index (κ2) is 7.48. The van der Waals surface area contributed by atoms with Crippen molar-refractivity contribution in [3.05, 3.63) is 53.6 Å². The molecular weight excluding hydrogens is 382 g/mol. The summed E-state index contributed by atoms with van der Waals surface area (Å²) in [4.78, 5) is 34.2. The van der Waals surface area contributed by atoms with Crippen molar-refractivity contribution >= 4 is 23.2 Å². The lowest BCUT2D eigenvalue weighted by atomic mass is 10.1. The highest BCUT2D eigenvalue weighted by Crippen LogP contribution is 2.33. The summed E-state index contributed by atoms with van der Waals surface area (Å²) in [7, 11) is 1.59. The summed E-state index contributed by atoms with van der Waals surface area (Å²) in [6.45, 7) is 6.47. The largest absolute Gasteiger partial charge is 0.497 e. The molecule has 2 aromatic carbocycles. The van der Waals surface area contributed by atoms with Gasteiger partial charge in [-0.2, -0.15) is 0 Å². The van der Waals surface area contributed by atoms with Crippen LogP contribution in [0.15, 0.2) is 47.5 Å². The van der Waals surface area contributed by atoms with Crippen molar-refractivity contribution in [3.63, 3.8) is 0 Å². The van der Waals surface area contributed by atoms with Gasteiger partial charge < -0.3 is 19.3 Å². The minimum Gasteiger partial charge on any atom is -0.497 e. The first-order chi connectivity index (χ1) is 14.3. The zero-order valence-electron chi connectivity index (χ0n) is 17.6. The molecule has 2 aliphatic heterocycles. The van der Waals surface area contributed by atoms with Crippen molar-refractivity contribution in [2.45, 2.75) is 26.4 Å². The molecular formula is C23H25N3O4. The predicted octanol–water partition coefficient (Wildman–Crippen LogP) is 2.80. The van der Waals surface area contributed by atoms with Crippen LogP contribution in [0.5, 0.6) is 11.5 Å². The molecule has 0 saturated heterocycles. The Labute approximate surface area is 175 Å². The highest BCUT2D eigenvalue weighted by molar-refractivity contribution is 6.47. The van der Waals surface area contributed by atoms with Crippen LogP contribution in [0.4, 0.5) is 5.69 Å². The highest BCUT2D eigenvalue weighted by Gasteiger charge is 2.42. The summed E-state index contributed by atoms with van der Waals surface area (Å²) < 4.78 is 10.9. The second-order valence-electron chi connectivity index (χ2n) is 7.94. The van der Waals surface area contributed by atoms with Crippen molar-refractivity contribution in [1.29, 1.82) is 0 Å². The molecule has 0 atom stereocenters. The quantitative estimate of drug-likeness (QED) is 0.781. The SMILES string of the molecule is COc1ccc(C2=NC(C)(C)N(CC(=O)N3CCOc4ccc(C)cc43)C2=O)cc1. The normalized spacial score (nSPS) is 17.3. The molecule has 0 aliphatic carbocycles. The number of amides is 2. The van der Waals surface area contributed by atoms with Gasteiger partial charge in [-0.1, -0.05) is 6.07 Å². The van der Waals surface area contributed by atoms with Crippen molar-refractivity contribution in [1.82, 2.24) is 4.90 Å². The zero-order chi connectivity index (χ0) is 21.5. The molecule has 2 aliphatic rings. The minimum absolute atomic E-state index is 0.0532. The van der Waals surface area contributed by atoms with Crippen molar-refractivity contribution in [2.24, 2.45) is 4.99 Å². The van der Waals surface area contributed by atoms with E-state index in [0.717, 1.165) is 11.3 Å². The molecule has 0 aromatic heterocycles. The molecule has 0 saturated carbocycles. The number of benzene rings is 2. The molecule has 0 radical (unpaired) electrons. The van der Waals surface area contributed by atoms with E-state index in [9.17, 15) is 9.59 Å². The number of carbonyl (C=O) groups excluding carboxylic acids is 2. The summed E-state index contributed by atoms with van der Waals surface area (Å²) in [5.74, 6) is 0.980. The first kappa shape index (κ1) is 19.9. The number of hydrogen-bond donors (Lipinski definition) is 0. The van der Waals surface area contributed by atoms with Gasteiger partial charge in [-0.05, 0) is 62.7 Å². The number of fused-ring (bicyclic) bond motifs is 1. The molecule has 156 valence electrons. The van der Waals surface area contributed by atoms with E-state index in [0.29, 0.717) is 35.9 Å². The standard InChI is InChI=1S/C23H25N3O4/c1-15-5-10-19-18(13-15)25(11-12-30-19)20(27)14-26-22(28)21(24-23(26,2)3)16-6-8-17(29-4)9-7-16/h5-10,13H,11-12,14H2,1-4H3. The van der Waals surface area contributed by atoms with Gasteiger partial charge in [0, 0.05) is 5.56 Å². The number of methoxy groups -OCH3 is 1. The number of nitrogens with zero attached hydrogens (tertiary/aromatic N) is 3. The summed E-state index contributed by atoms with van der Waals surface area (Å²) >= 11 is 0. The van der Waals surface area contributed by atoms with Crippen LogP contribution in [-0.4, -0.2) is 54.9 Å². The lowest BCUT2D eigenvalue weighted by molar-refractivity contribution is -0.132. The van der Waals surface area contributed by atoms with Crippen LogP contribution in [0.3, 0.4) is 0 Å². The fourth-order valence-corrected chi connectivity index (χ4v) is 3.77. The van der Waals surface area contributed by atoms with Crippen molar-refractivity contribution < 1.29 is 19.1 Å². The summed E-state index contributed by atoms with van der Waals surface area (Å²) in [6, 6.07) is 12.9. The average Bonchev–Trinajstić information content (AvgIpc) is 2.96. The number of carbonyl (C=O) groups is 2. The smallest absolute Gasteiger partial charge is 0.275 e. The van der Waals surface area contributed by atoms with E-state index in [4.69, 9.17) is 9.47 Å². The molecule has 7 nitrogen and oxygen atoms in total. The third-order valence-corrected chi connectivity index (χ3v) is 5.43. The van der Waals surface area contributed by atoms with Gasteiger partial charge in [0.1, 0.15) is 36.0 Å². The molecule has 0 fully saturated rings. The molecule has 0 spiro atoms. The Kier molecular flexibility index (Phi) is 4.97. The number of rotatable bonds is 4. The van der Waals surface area contributed by atoms with Crippen LogP contribution in [0.25, 0.3) is 0 Å². The molecule has 2 amide bonds. The number of anilines is 1. The summed E-state index contributed by atoms with van der Waals surface area (Å²) in [5, 5.41) is 0. The van der Waals surface area contributed by atoms with Crippen LogP contribution in [-0.2, 0) is 9.59 Å². The fourth-order valence-electron chi connectivity index (χ4n) is 3.77. The molecule has 0 bridgehead atoms. The van der Waals surface area contributed by atoms with E-state index in [1.807, 2.05) is 39.0 Å². The summed E-state index contributed by atoms with van der Waals surface area (Å²) in [5.41, 5.74) is 2.03. The molecule has 2 aromatic rings. The van der Waals surface area contributed by atoms with E-state index >= 15 is 0 Å². The zero-order valence-corrected chi connectivity index (χ0v) is 17.6. The lowest BCUT2D eigenvalue weighted by Crippen LogP contribution is -2.50.